The van der Waals surface area contributed by atoms with Crippen molar-refractivity contribution in [2.45, 2.75) is 89.8 Å². The molecule has 65 heavy (non-hydrogen) atoms. The first-order valence-electron chi connectivity index (χ1n) is 22.4. The number of aryl methyl sites for hydroxylation is 1. The normalized spacial score (nSPS) is 19.3. The Morgan fingerprint density at radius 2 is 1.34 bits per heavy atom. The lowest BCUT2D eigenvalue weighted by molar-refractivity contribution is -0.214. The number of benzene rings is 3. The number of rotatable bonds is 25. The van der Waals surface area contributed by atoms with E-state index in [2.05, 4.69) is 0 Å². The summed E-state index contributed by atoms with van der Waals surface area (Å²) in [6, 6.07) is 15.7. The number of aliphatic hydroxyl groups is 1. The fraction of sp³-hybridized carbons (Fsp3) is 0.460. The fourth-order valence-electron chi connectivity index (χ4n) is 6.96. The standard InChI is InChI=1S/C50H58O15/c1-33-7-9-34(10-8-33)47(51)62-42-29-45(65-50(54)36-13-19-39(20-14-36)57-25-4-3-24-56-31-41-32-61-41)44(63-48(52)35-11-17-38(55-2)18-12-35)30-43(42)64-49(53)37-15-21-40(22-16-37)58-26-5-6-27-59-46-23-28-60-46/h7-11,15-17,19,21-22,29-30,36,41,46,50,54H,3-6,12-14,18,20,23-28,31-32H2,1-2H3. The van der Waals surface area contributed by atoms with Crippen molar-refractivity contribution in [3.63, 3.8) is 0 Å². The van der Waals surface area contributed by atoms with Gasteiger partial charge in [0, 0.05) is 56.1 Å². The average Bonchev–Trinajstić information content (AvgIpc) is 4.14. The van der Waals surface area contributed by atoms with Gasteiger partial charge in [-0.1, -0.05) is 17.7 Å². The van der Waals surface area contributed by atoms with Crippen LogP contribution in [0.2, 0.25) is 0 Å². The lowest BCUT2D eigenvalue weighted by Crippen LogP contribution is -2.29. The zero-order valence-corrected chi connectivity index (χ0v) is 37.0. The molecule has 15 nitrogen and oxygen atoms in total. The number of hydrogen-bond donors (Lipinski definition) is 1. The molecule has 3 aromatic rings. The maximum Gasteiger partial charge on any atom is 0.343 e. The van der Waals surface area contributed by atoms with Crippen molar-refractivity contribution < 1.29 is 71.6 Å². The Balaban J connectivity index is 1.06. The van der Waals surface area contributed by atoms with E-state index >= 15 is 0 Å². The lowest BCUT2D eigenvalue weighted by atomic mass is 9.92. The molecule has 3 aromatic carbocycles. The summed E-state index contributed by atoms with van der Waals surface area (Å²) in [5.41, 5.74) is 1.70. The van der Waals surface area contributed by atoms with Gasteiger partial charge in [-0.3, -0.25) is 0 Å². The molecule has 7 rings (SSSR count). The fourth-order valence-corrected chi connectivity index (χ4v) is 6.96. The summed E-state index contributed by atoms with van der Waals surface area (Å²) in [6.07, 6.45) is 10.7. The summed E-state index contributed by atoms with van der Waals surface area (Å²) < 4.78 is 62.6. The van der Waals surface area contributed by atoms with E-state index in [1.54, 1.807) is 67.8 Å². The lowest BCUT2D eigenvalue weighted by Gasteiger charge is -2.27. The van der Waals surface area contributed by atoms with Crippen LogP contribution in [0.1, 0.15) is 90.5 Å². The molecule has 1 N–H and O–H groups in total. The van der Waals surface area contributed by atoms with Gasteiger partial charge in [-0.25, -0.2) is 14.4 Å². The second-order valence-corrected chi connectivity index (χ2v) is 16.1. The number of epoxide rings is 1. The van der Waals surface area contributed by atoms with Crippen LogP contribution in [0.5, 0.6) is 28.7 Å². The first-order valence-corrected chi connectivity index (χ1v) is 22.4. The molecule has 2 aliphatic carbocycles. The van der Waals surface area contributed by atoms with Gasteiger partial charge in [-0.05, 0) is 106 Å². The number of hydrogen-bond acceptors (Lipinski definition) is 15. The number of allylic oxidation sites excluding steroid dienone is 5. The summed E-state index contributed by atoms with van der Waals surface area (Å²) in [6.45, 7) is 6.29. The highest BCUT2D eigenvalue weighted by molar-refractivity contribution is 5.94. The molecule has 0 bridgehead atoms. The minimum absolute atomic E-state index is 0.0958. The molecule has 0 amide bonds. The topological polar surface area (TPSA) is 176 Å². The van der Waals surface area contributed by atoms with Gasteiger partial charge in [0.05, 0.1) is 62.8 Å². The summed E-state index contributed by atoms with van der Waals surface area (Å²) in [5.74, 6) is -1.22. The number of unbranched alkanes of at least 4 members (excludes halogenated alkanes) is 2. The maximum absolute atomic E-state index is 13.7. The van der Waals surface area contributed by atoms with E-state index in [0.29, 0.717) is 82.2 Å². The molecule has 4 aliphatic rings. The molecule has 2 aliphatic heterocycles. The van der Waals surface area contributed by atoms with E-state index in [4.69, 9.17) is 52.1 Å². The highest BCUT2D eigenvalue weighted by Gasteiger charge is 2.29. The van der Waals surface area contributed by atoms with Crippen LogP contribution in [0, 0.1) is 12.8 Å². The van der Waals surface area contributed by atoms with E-state index < -0.39 is 24.2 Å². The van der Waals surface area contributed by atoms with Gasteiger partial charge in [-0.2, -0.15) is 0 Å². The van der Waals surface area contributed by atoms with Crippen molar-refractivity contribution in [3.05, 3.63) is 113 Å². The van der Waals surface area contributed by atoms with Crippen molar-refractivity contribution in [2.24, 2.45) is 5.92 Å². The molecular weight excluding hydrogens is 841 g/mol. The average molecular weight is 899 g/mol. The van der Waals surface area contributed by atoms with Crippen molar-refractivity contribution in [1.82, 2.24) is 0 Å². The van der Waals surface area contributed by atoms with Crippen LogP contribution in [0.3, 0.4) is 0 Å². The number of carbonyl (C=O) groups is 3. The molecule has 15 heteroatoms. The van der Waals surface area contributed by atoms with Gasteiger partial charge in [0.1, 0.15) is 11.9 Å². The summed E-state index contributed by atoms with van der Waals surface area (Å²) in [7, 11) is 1.56. The first kappa shape index (κ1) is 47.3. The second kappa shape index (κ2) is 24.0. The third-order valence-corrected chi connectivity index (χ3v) is 11.1. The van der Waals surface area contributed by atoms with E-state index in [-0.39, 0.29) is 52.4 Å². The molecule has 2 fully saturated rings. The molecule has 2 heterocycles. The van der Waals surface area contributed by atoms with E-state index in [1.165, 1.54) is 12.1 Å². The molecule has 4 atom stereocenters. The third kappa shape index (κ3) is 14.6. The van der Waals surface area contributed by atoms with Crippen LogP contribution in [0.15, 0.2) is 96.0 Å². The number of aliphatic hydroxyl groups excluding tert-OH is 1. The van der Waals surface area contributed by atoms with Crippen LogP contribution < -0.4 is 23.7 Å². The van der Waals surface area contributed by atoms with Gasteiger partial charge in [0.2, 0.25) is 6.29 Å². The summed E-state index contributed by atoms with van der Waals surface area (Å²) in [5, 5.41) is 11.5. The Hall–Kier alpha value is -5.71. The van der Waals surface area contributed by atoms with Crippen molar-refractivity contribution in [3.8, 4) is 28.7 Å². The second-order valence-electron chi connectivity index (χ2n) is 16.1. The van der Waals surface area contributed by atoms with Gasteiger partial charge >= 0.3 is 17.9 Å². The Labute approximate surface area is 379 Å². The quantitative estimate of drug-likeness (QED) is 0.0284. The van der Waals surface area contributed by atoms with Crippen LogP contribution in [0.25, 0.3) is 0 Å². The smallest absolute Gasteiger partial charge is 0.343 e. The van der Waals surface area contributed by atoms with Crippen LogP contribution in [-0.4, -0.2) is 95.1 Å². The van der Waals surface area contributed by atoms with E-state index in [0.717, 1.165) is 56.6 Å². The van der Waals surface area contributed by atoms with Gasteiger partial charge < -0.3 is 57.2 Å². The van der Waals surface area contributed by atoms with Crippen LogP contribution in [0.4, 0.5) is 0 Å². The Kier molecular flexibility index (Phi) is 17.4. The van der Waals surface area contributed by atoms with E-state index in [1.807, 2.05) is 13.0 Å². The summed E-state index contributed by atoms with van der Waals surface area (Å²) in [4.78, 5) is 40.9. The Morgan fingerprint density at radius 1 is 0.708 bits per heavy atom. The van der Waals surface area contributed by atoms with Gasteiger partial charge in [0.15, 0.2) is 29.3 Å². The molecule has 0 saturated carbocycles. The molecule has 0 spiro atoms. The SMILES string of the molecule is COC1=CC=C(C(=O)Oc2cc(OC(=O)c3ccc(OCCCCOC4CCO4)cc3)c(OC(=O)c3ccc(C)cc3)cc2OC(O)C2CC=C(OCCCCOCC3CO3)CC2)CC1. The van der Waals surface area contributed by atoms with Crippen LogP contribution in [-0.2, 0) is 33.2 Å². The highest BCUT2D eigenvalue weighted by Crippen LogP contribution is 2.43. The number of methoxy groups -OCH3 is 1. The predicted octanol–water partition coefficient (Wildman–Crippen LogP) is 8.10. The molecule has 2 saturated heterocycles. The highest BCUT2D eigenvalue weighted by atomic mass is 16.7. The van der Waals surface area contributed by atoms with Crippen molar-refractivity contribution in [1.29, 1.82) is 0 Å². The largest absolute Gasteiger partial charge is 0.501 e. The minimum atomic E-state index is -1.37. The van der Waals surface area contributed by atoms with Gasteiger partial charge in [-0.15, -0.1) is 0 Å². The predicted molar refractivity (Wildman–Crippen MR) is 235 cm³/mol. The Morgan fingerprint density at radius 3 is 1.95 bits per heavy atom. The molecule has 348 valence electrons. The molecular formula is C50H58O15. The third-order valence-electron chi connectivity index (χ3n) is 11.1. The van der Waals surface area contributed by atoms with Crippen LogP contribution >= 0.6 is 0 Å². The monoisotopic (exact) mass is 898 g/mol. The first-order chi connectivity index (χ1) is 31.7. The Bertz CT molecular complexity index is 2150. The number of ether oxygens (including phenoxy) is 11. The maximum atomic E-state index is 13.7. The van der Waals surface area contributed by atoms with Crippen molar-refractivity contribution in [2.75, 3.05) is 53.4 Å². The molecule has 0 aromatic heterocycles. The minimum Gasteiger partial charge on any atom is -0.501 e. The number of esters is 3. The van der Waals surface area contributed by atoms with Crippen molar-refractivity contribution >= 4 is 17.9 Å². The van der Waals surface area contributed by atoms with E-state index in [9.17, 15) is 19.5 Å². The van der Waals surface area contributed by atoms with Gasteiger partial charge in [0.25, 0.3) is 0 Å². The molecule has 0 radical (unpaired) electrons. The zero-order valence-electron chi connectivity index (χ0n) is 37.0. The summed E-state index contributed by atoms with van der Waals surface area (Å²) >= 11 is 0. The number of carbonyl (C=O) groups excluding carboxylic acids is 3. The zero-order chi connectivity index (χ0) is 45.4. The molecule has 4 unspecified atom stereocenters.